The summed E-state index contributed by atoms with van der Waals surface area (Å²) in [5, 5.41) is 6.14. The van der Waals surface area contributed by atoms with Gasteiger partial charge in [-0.15, -0.1) is 0 Å². The molecule has 2 N–H and O–H groups in total. The largest absolute Gasteiger partial charge is 0.326 e. The quantitative estimate of drug-likeness (QED) is 0.743. The second-order valence-electron chi connectivity index (χ2n) is 4.77. The molecule has 0 heterocycles. The number of hydrogen-bond acceptors (Lipinski definition) is 2. The first-order valence-electron chi connectivity index (χ1n) is 6.15. The minimum absolute atomic E-state index is 0.0619. The van der Waals surface area contributed by atoms with Crippen LogP contribution in [0.1, 0.15) is 25.8 Å². The summed E-state index contributed by atoms with van der Waals surface area (Å²) in [6.07, 6.45) is 0.515. The predicted molar refractivity (Wildman–Crippen MR) is 72.1 cm³/mol. The Morgan fingerprint density at radius 1 is 1.35 bits per heavy atom. The van der Waals surface area contributed by atoms with E-state index in [2.05, 4.69) is 24.5 Å². The minimum Gasteiger partial charge on any atom is -0.326 e. The predicted octanol–water partition coefficient (Wildman–Crippen LogP) is 2.57. The Hall–Kier alpha value is -1.35. The zero-order valence-corrected chi connectivity index (χ0v) is 10.9. The lowest BCUT2D eigenvalue weighted by Crippen LogP contribution is -2.24. The Morgan fingerprint density at radius 3 is 2.76 bits per heavy atom. The molecule has 0 atom stereocenters. The van der Waals surface area contributed by atoms with Gasteiger partial charge in [0.2, 0.25) is 5.91 Å². The van der Waals surface area contributed by atoms with Gasteiger partial charge in [-0.05, 0) is 37.1 Å². The smallest absolute Gasteiger partial charge is 0.225 e. The Labute approximate surface area is 104 Å². The van der Waals surface area contributed by atoms with Gasteiger partial charge in [0.25, 0.3) is 0 Å². The van der Waals surface area contributed by atoms with E-state index in [0.29, 0.717) is 12.3 Å². The van der Waals surface area contributed by atoms with Crippen LogP contribution in [0.3, 0.4) is 0 Å². The van der Waals surface area contributed by atoms with Gasteiger partial charge in [0.1, 0.15) is 0 Å². The summed E-state index contributed by atoms with van der Waals surface area (Å²) in [5.74, 6) is 0.682. The Kier molecular flexibility index (Phi) is 5.70. The maximum absolute atomic E-state index is 11.6. The molecule has 0 spiro atoms. The van der Waals surface area contributed by atoms with Crippen molar-refractivity contribution in [2.75, 3.05) is 18.4 Å². The molecule has 0 aliphatic carbocycles. The third-order valence-corrected chi connectivity index (χ3v) is 2.38. The molecule has 3 nitrogen and oxygen atoms in total. The van der Waals surface area contributed by atoms with E-state index in [-0.39, 0.29) is 5.91 Å². The highest BCUT2D eigenvalue weighted by Gasteiger charge is 2.02. The average molecular weight is 234 g/mol. The summed E-state index contributed by atoms with van der Waals surface area (Å²) in [7, 11) is 0. The molecule has 1 rings (SSSR count). The third kappa shape index (κ3) is 6.07. The SMILES string of the molecule is Cc1cccc(NC(=O)CCNCC(C)C)c1. The summed E-state index contributed by atoms with van der Waals surface area (Å²) in [6, 6.07) is 7.84. The van der Waals surface area contributed by atoms with E-state index in [9.17, 15) is 4.79 Å². The molecular weight excluding hydrogens is 212 g/mol. The summed E-state index contributed by atoms with van der Waals surface area (Å²) < 4.78 is 0. The van der Waals surface area contributed by atoms with E-state index in [1.807, 2.05) is 31.2 Å². The first kappa shape index (κ1) is 13.7. The number of carbonyl (C=O) groups excluding carboxylic acids is 1. The van der Waals surface area contributed by atoms with Gasteiger partial charge in [-0.3, -0.25) is 4.79 Å². The van der Waals surface area contributed by atoms with Crippen molar-refractivity contribution in [2.24, 2.45) is 5.92 Å². The van der Waals surface area contributed by atoms with Gasteiger partial charge in [-0.25, -0.2) is 0 Å². The molecule has 0 aliphatic heterocycles. The number of aryl methyl sites for hydroxylation is 1. The molecule has 0 unspecified atom stereocenters. The number of benzene rings is 1. The molecule has 0 fully saturated rings. The summed E-state index contributed by atoms with van der Waals surface area (Å²) in [5.41, 5.74) is 2.03. The molecule has 0 aliphatic rings. The van der Waals surface area contributed by atoms with Crippen LogP contribution in [0, 0.1) is 12.8 Å². The van der Waals surface area contributed by atoms with E-state index in [1.165, 1.54) is 0 Å². The maximum atomic E-state index is 11.6. The van der Waals surface area contributed by atoms with Crippen LogP contribution in [0.2, 0.25) is 0 Å². The van der Waals surface area contributed by atoms with E-state index >= 15 is 0 Å². The lowest BCUT2D eigenvalue weighted by Gasteiger charge is -2.08. The number of rotatable bonds is 6. The lowest BCUT2D eigenvalue weighted by molar-refractivity contribution is -0.116. The van der Waals surface area contributed by atoms with Gasteiger partial charge in [-0.2, -0.15) is 0 Å². The van der Waals surface area contributed by atoms with Gasteiger partial charge in [0, 0.05) is 18.7 Å². The van der Waals surface area contributed by atoms with Crippen LogP contribution in [0.15, 0.2) is 24.3 Å². The van der Waals surface area contributed by atoms with E-state index in [1.54, 1.807) is 0 Å². The molecule has 0 saturated heterocycles. The van der Waals surface area contributed by atoms with Gasteiger partial charge in [-0.1, -0.05) is 26.0 Å². The van der Waals surface area contributed by atoms with Crippen LogP contribution in [0.25, 0.3) is 0 Å². The molecule has 0 radical (unpaired) electrons. The van der Waals surface area contributed by atoms with Crippen LogP contribution in [0.5, 0.6) is 0 Å². The minimum atomic E-state index is 0.0619. The molecule has 0 saturated carbocycles. The van der Waals surface area contributed by atoms with Crippen LogP contribution in [-0.2, 0) is 4.79 Å². The normalized spacial score (nSPS) is 10.6. The number of carbonyl (C=O) groups is 1. The zero-order valence-electron chi connectivity index (χ0n) is 10.9. The second-order valence-corrected chi connectivity index (χ2v) is 4.77. The Bertz CT molecular complexity index is 361. The molecule has 1 aromatic rings. The highest BCUT2D eigenvalue weighted by molar-refractivity contribution is 5.90. The van der Waals surface area contributed by atoms with Gasteiger partial charge in [0.15, 0.2) is 0 Å². The Balaban J connectivity index is 2.25. The topological polar surface area (TPSA) is 41.1 Å². The zero-order chi connectivity index (χ0) is 12.7. The molecule has 1 amide bonds. The fourth-order valence-electron chi connectivity index (χ4n) is 1.54. The van der Waals surface area contributed by atoms with Crippen molar-refractivity contribution in [3.63, 3.8) is 0 Å². The van der Waals surface area contributed by atoms with Crippen molar-refractivity contribution >= 4 is 11.6 Å². The van der Waals surface area contributed by atoms with Crippen LogP contribution >= 0.6 is 0 Å². The summed E-state index contributed by atoms with van der Waals surface area (Å²) in [6.45, 7) is 8.01. The highest BCUT2D eigenvalue weighted by atomic mass is 16.1. The number of anilines is 1. The summed E-state index contributed by atoms with van der Waals surface area (Å²) >= 11 is 0. The molecule has 0 bridgehead atoms. The fraction of sp³-hybridized carbons (Fsp3) is 0.500. The van der Waals surface area contributed by atoms with Crippen molar-refractivity contribution < 1.29 is 4.79 Å². The van der Waals surface area contributed by atoms with Gasteiger partial charge < -0.3 is 10.6 Å². The number of hydrogen-bond donors (Lipinski definition) is 2. The standard InChI is InChI=1S/C14H22N2O/c1-11(2)10-15-8-7-14(17)16-13-6-4-5-12(3)9-13/h4-6,9,11,15H,7-8,10H2,1-3H3,(H,16,17). The van der Waals surface area contributed by atoms with Crippen LogP contribution in [-0.4, -0.2) is 19.0 Å². The second kappa shape index (κ2) is 7.07. The first-order chi connectivity index (χ1) is 8.08. The average Bonchev–Trinajstić information content (AvgIpc) is 2.24. The lowest BCUT2D eigenvalue weighted by atomic mass is 10.2. The summed E-state index contributed by atoms with van der Waals surface area (Å²) in [4.78, 5) is 11.6. The van der Waals surface area contributed by atoms with Gasteiger partial charge in [0.05, 0.1) is 0 Å². The molecule has 0 aromatic heterocycles. The van der Waals surface area contributed by atoms with Crippen molar-refractivity contribution in [1.29, 1.82) is 0 Å². The van der Waals surface area contributed by atoms with Crippen molar-refractivity contribution in [3.8, 4) is 0 Å². The van der Waals surface area contributed by atoms with Crippen molar-refractivity contribution in [2.45, 2.75) is 27.2 Å². The molecule has 3 heteroatoms. The maximum Gasteiger partial charge on any atom is 0.225 e. The van der Waals surface area contributed by atoms with Crippen molar-refractivity contribution in [1.82, 2.24) is 5.32 Å². The number of amides is 1. The molecular formula is C14H22N2O. The highest BCUT2D eigenvalue weighted by Crippen LogP contribution is 2.09. The van der Waals surface area contributed by atoms with Gasteiger partial charge >= 0.3 is 0 Å². The molecule has 94 valence electrons. The first-order valence-corrected chi connectivity index (χ1v) is 6.15. The molecule has 17 heavy (non-hydrogen) atoms. The fourth-order valence-corrected chi connectivity index (χ4v) is 1.54. The number of nitrogens with one attached hydrogen (secondary N) is 2. The van der Waals surface area contributed by atoms with Crippen LogP contribution < -0.4 is 10.6 Å². The van der Waals surface area contributed by atoms with E-state index in [0.717, 1.165) is 24.3 Å². The van der Waals surface area contributed by atoms with E-state index in [4.69, 9.17) is 0 Å². The molecule has 1 aromatic carbocycles. The van der Waals surface area contributed by atoms with Crippen molar-refractivity contribution in [3.05, 3.63) is 29.8 Å². The van der Waals surface area contributed by atoms with E-state index < -0.39 is 0 Å². The van der Waals surface area contributed by atoms with Crippen LogP contribution in [0.4, 0.5) is 5.69 Å². The Morgan fingerprint density at radius 2 is 2.12 bits per heavy atom. The monoisotopic (exact) mass is 234 g/mol. The third-order valence-electron chi connectivity index (χ3n) is 2.38.